The SMILES string of the molecule is CN(C(=O)CCSc1nc2cc(Cl)ccc2s1)C1CCN(C(=O)OC(C)(C)C)CC1. The number of ether oxygens (including phenoxy) is 1. The van der Waals surface area contributed by atoms with Crippen molar-refractivity contribution >= 4 is 56.9 Å². The number of fused-ring (bicyclic) bond motifs is 1. The predicted octanol–water partition coefficient (Wildman–Crippen LogP) is 5.29. The molecule has 0 saturated carbocycles. The first kappa shape index (κ1) is 23.2. The van der Waals surface area contributed by atoms with Gasteiger partial charge in [0.25, 0.3) is 0 Å². The fourth-order valence-corrected chi connectivity index (χ4v) is 5.52. The van der Waals surface area contributed by atoms with Crippen molar-refractivity contribution in [3.05, 3.63) is 23.2 Å². The summed E-state index contributed by atoms with van der Waals surface area (Å²) in [7, 11) is 1.86. The molecule has 2 aromatic rings. The highest BCUT2D eigenvalue weighted by atomic mass is 35.5. The summed E-state index contributed by atoms with van der Waals surface area (Å²) in [4.78, 5) is 33.0. The van der Waals surface area contributed by atoms with E-state index >= 15 is 0 Å². The van der Waals surface area contributed by atoms with Gasteiger partial charge in [-0.05, 0) is 51.8 Å². The van der Waals surface area contributed by atoms with Gasteiger partial charge in [0, 0.05) is 43.4 Å². The summed E-state index contributed by atoms with van der Waals surface area (Å²) in [6.45, 7) is 6.82. The third-order valence-electron chi connectivity index (χ3n) is 4.93. The number of thioether (sulfide) groups is 1. The number of hydrogen-bond donors (Lipinski definition) is 0. The van der Waals surface area contributed by atoms with Gasteiger partial charge in [-0.25, -0.2) is 9.78 Å². The third-order valence-corrected chi connectivity index (χ3v) is 7.34. The fraction of sp³-hybridized carbons (Fsp3) is 0.571. The van der Waals surface area contributed by atoms with E-state index < -0.39 is 5.60 Å². The number of carbonyl (C=O) groups excluding carboxylic acids is 2. The molecule has 9 heteroatoms. The lowest BCUT2D eigenvalue weighted by molar-refractivity contribution is -0.132. The van der Waals surface area contributed by atoms with Crippen molar-refractivity contribution in [2.24, 2.45) is 0 Å². The first-order chi connectivity index (χ1) is 14.1. The number of thiazole rings is 1. The number of hydrogen-bond acceptors (Lipinski definition) is 6. The van der Waals surface area contributed by atoms with Crippen molar-refractivity contribution in [1.82, 2.24) is 14.8 Å². The van der Waals surface area contributed by atoms with E-state index in [1.807, 2.05) is 50.9 Å². The molecule has 1 aliphatic rings. The molecule has 30 heavy (non-hydrogen) atoms. The van der Waals surface area contributed by atoms with Crippen LogP contribution in [0.2, 0.25) is 5.02 Å². The zero-order valence-electron chi connectivity index (χ0n) is 17.8. The Morgan fingerprint density at radius 1 is 1.33 bits per heavy atom. The van der Waals surface area contributed by atoms with Crippen LogP contribution in [0.4, 0.5) is 4.79 Å². The number of nitrogens with zero attached hydrogens (tertiary/aromatic N) is 3. The van der Waals surface area contributed by atoms with Crippen LogP contribution >= 0.6 is 34.7 Å². The Kier molecular flexibility index (Phi) is 7.52. The molecule has 1 fully saturated rings. The largest absolute Gasteiger partial charge is 0.444 e. The molecule has 1 saturated heterocycles. The van der Waals surface area contributed by atoms with E-state index in [-0.39, 0.29) is 18.0 Å². The summed E-state index contributed by atoms with van der Waals surface area (Å²) in [5.41, 5.74) is 0.406. The maximum absolute atomic E-state index is 12.6. The molecule has 1 aromatic carbocycles. The van der Waals surface area contributed by atoms with Crippen LogP contribution in [0.15, 0.2) is 22.5 Å². The number of amides is 2. The molecule has 0 atom stereocenters. The fourth-order valence-electron chi connectivity index (χ4n) is 3.31. The van der Waals surface area contributed by atoms with Gasteiger partial charge < -0.3 is 14.5 Å². The van der Waals surface area contributed by atoms with Crippen LogP contribution in [-0.2, 0) is 9.53 Å². The van der Waals surface area contributed by atoms with Crippen molar-refractivity contribution in [3.63, 3.8) is 0 Å². The molecule has 2 heterocycles. The lowest BCUT2D eigenvalue weighted by Crippen LogP contribution is -2.48. The van der Waals surface area contributed by atoms with Gasteiger partial charge in [0.15, 0.2) is 4.34 Å². The number of likely N-dealkylation sites (tertiary alicyclic amines) is 1. The van der Waals surface area contributed by atoms with Gasteiger partial charge in [0.05, 0.1) is 10.2 Å². The molecular formula is C21H28ClN3O3S2. The van der Waals surface area contributed by atoms with Gasteiger partial charge in [-0.15, -0.1) is 11.3 Å². The lowest BCUT2D eigenvalue weighted by Gasteiger charge is -2.37. The number of rotatable bonds is 5. The van der Waals surface area contributed by atoms with E-state index in [2.05, 4.69) is 4.98 Å². The first-order valence-corrected chi connectivity index (χ1v) is 12.2. The molecular weight excluding hydrogens is 442 g/mol. The number of benzene rings is 1. The molecule has 164 valence electrons. The topological polar surface area (TPSA) is 62.7 Å². The molecule has 1 aromatic heterocycles. The van der Waals surface area contributed by atoms with Crippen molar-refractivity contribution in [3.8, 4) is 0 Å². The molecule has 6 nitrogen and oxygen atoms in total. The van der Waals surface area contributed by atoms with Gasteiger partial charge in [0.1, 0.15) is 5.60 Å². The lowest BCUT2D eigenvalue weighted by atomic mass is 10.0. The normalized spacial score (nSPS) is 15.4. The van der Waals surface area contributed by atoms with Crippen molar-refractivity contribution in [2.45, 2.75) is 56.0 Å². The van der Waals surface area contributed by atoms with Gasteiger partial charge in [-0.3, -0.25) is 4.79 Å². The van der Waals surface area contributed by atoms with Crippen LogP contribution < -0.4 is 0 Å². The van der Waals surface area contributed by atoms with Gasteiger partial charge in [-0.2, -0.15) is 0 Å². The summed E-state index contributed by atoms with van der Waals surface area (Å²) < 4.78 is 7.49. The van der Waals surface area contributed by atoms with Gasteiger partial charge >= 0.3 is 6.09 Å². The van der Waals surface area contributed by atoms with Crippen LogP contribution in [-0.4, -0.2) is 64.3 Å². The summed E-state index contributed by atoms with van der Waals surface area (Å²) >= 11 is 9.24. The second-order valence-corrected chi connectivity index (χ2v) is 11.2. The maximum atomic E-state index is 12.6. The standard InChI is InChI=1S/C21H28ClN3O3S2/c1-21(2,3)28-20(27)25-10-7-15(8-11-25)24(4)18(26)9-12-29-19-23-16-13-14(22)5-6-17(16)30-19/h5-6,13,15H,7-12H2,1-4H3. The van der Waals surface area contributed by atoms with Gasteiger partial charge in [0.2, 0.25) is 5.91 Å². The summed E-state index contributed by atoms with van der Waals surface area (Å²) in [6.07, 6.45) is 1.73. The van der Waals surface area contributed by atoms with Crippen LogP contribution in [0.1, 0.15) is 40.0 Å². The van der Waals surface area contributed by atoms with E-state index in [4.69, 9.17) is 16.3 Å². The average Bonchev–Trinajstić information content (AvgIpc) is 3.07. The molecule has 0 spiro atoms. The molecule has 0 radical (unpaired) electrons. The Balaban J connectivity index is 1.43. The molecule has 1 aliphatic heterocycles. The molecule has 0 aliphatic carbocycles. The first-order valence-electron chi connectivity index (χ1n) is 10.0. The molecule has 0 unspecified atom stereocenters. The summed E-state index contributed by atoms with van der Waals surface area (Å²) in [6, 6.07) is 5.86. The minimum atomic E-state index is -0.492. The number of piperidine rings is 1. The highest BCUT2D eigenvalue weighted by Crippen LogP contribution is 2.31. The van der Waals surface area contributed by atoms with Crippen molar-refractivity contribution in [1.29, 1.82) is 0 Å². The van der Waals surface area contributed by atoms with E-state index in [1.54, 1.807) is 28.0 Å². The second-order valence-electron chi connectivity index (χ2n) is 8.39. The van der Waals surface area contributed by atoms with E-state index in [9.17, 15) is 9.59 Å². The highest BCUT2D eigenvalue weighted by Gasteiger charge is 2.29. The number of halogens is 1. The van der Waals surface area contributed by atoms with Gasteiger partial charge in [-0.1, -0.05) is 23.4 Å². The Labute approximate surface area is 190 Å². The van der Waals surface area contributed by atoms with Crippen LogP contribution in [0.3, 0.4) is 0 Å². The van der Waals surface area contributed by atoms with Crippen LogP contribution in [0, 0.1) is 0 Å². The zero-order chi connectivity index (χ0) is 21.9. The van der Waals surface area contributed by atoms with E-state index in [0.717, 1.165) is 27.4 Å². The minimum Gasteiger partial charge on any atom is -0.444 e. The molecule has 2 amide bonds. The highest BCUT2D eigenvalue weighted by molar-refractivity contribution is 8.01. The number of aromatic nitrogens is 1. The second kappa shape index (κ2) is 9.75. The zero-order valence-corrected chi connectivity index (χ0v) is 20.2. The monoisotopic (exact) mass is 469 g/mol. The Bertz CT molecular complexity index is 905. The van der Waals surface area contributed by atoms with E-state index in [0.29, 0.717) is 30.3 Å². The van der Waals surface area contributed by atoms with Crippen molar-refractivity contribution < 1.29 is 14.3 Å². The smallest absolute Gasteiger partial charge is 0.410 e. The average molecular weight is 470 g/mol. The van der Waals surface area contributed by atoms with Crippen molar-refractivity contribution in [2.75, 3.05) is 25.9 Å². The number of carbonyl (C=O) groups is 2. The maximum Gasteiger partial charge on any atom is 0.410 e. The molecule has 0 bridgehead atoms. The predicted molar refractivity (Wildman–Crippen MR) is 124 cm³/mol. The van der Waals surface area contributed by atoms with Crippen LogP contribution in [0.5, 0.6) is 0 Å². The Hall–Kier alpha value is -1.51. The van der Waals surface area contributed by atoms with E-state index in [1.165, 1.54) is 0 Å². The Morgan fingerprint density at radius 2 is 2.03 bits per heavy atom. The molecule has 0 N–H and O–H groups in total. The summed E-state index contributed by atoms with van der Waals surface area (Å²) in [5, 5.41) is 0.680. The molecule has 3 rings (SSSR count). The minimum absolute atomic E-state index is 0.127. The summed E-state index contributed by atoms with van der Waals surface area (Å²) in [5.74, 6) is 0.815. The van der Waals surface area contributed by atoms with Crippen LogP contribution in [0.25, 0.3) is 10.2 Å². The Morgan fingerprint density at radius 3 is 2.70 bits per heavy atom. The third kappa shape index (κ3) is 6.25. The quantitative estimate of drug-likeness (QED) is 0.556.